The van der Waals surface area contributed by atoms with Gasteiger partial charge in [-0.2, -0.15) is 0 Å². The highest BCUT2D eigenvalue weighted by atomic mass is 16.5. The molecule has 1 heterocycles. The van der Waals surface area contributed by atoms with Gasteiger partial charge in [-0.1, -0.05) is 13.8 Å². The van der Waals surface area contributed by atoms with Gasteiger partial charge in [-0.15, -0.1) is 0 Å². The molecule has 152 valence electrons. The molecule has 0 atom stereocenters. The van der Waals surface area contributed by atoms with Crippen LogP contribution in [-0.2, 0) is 0 Å². The highest BCUT2D eigenvalue weighted by Gasteiger charge is 2.16. The summed E-state index contributed by atoms with van der Waals surface area (Å²) >= 11 is 0. The van der Waals surface area contributed by atoms with E-state index in [2.05, 4.69) is 29.0 Å². The van der Waals surface area contributed by atoms with Gasteiger partial charge in [0.1, 0.15) is 0 Å². The zero-order chi connectivity index (χ0) is 20.5. The molecule has 1 aromatic carbocycles. The SMILES string of the molecule is CCCN(CCC)c1cncc(C(=O)Nc2cc(OC)c(OC)c(OC)c2)c1. The fourth-order valence-electron chi connectivity index (χ4n) is 2.99. The quantitative estimate of drug-likeness (QED) is 0.665. The number of aromatic nitrogens is 1. The van der Waals surface area contributed by atoms with E-state index in [1.54, 1.807) is 24.5 Å². The number of nitrogens with zero attached hydrogens (tertiary/aromatic N) is 2. The van der Waals surface area contributed by atoms with Gasteiger partial charge in [-0.25, -0.2) is 0 Å². The van der Waals surface area contributed by atoms with E-state index in [9.17, 15) is 4.79 Å². The number of rotatable bonds is 10. The first-order valence-corrected chi connectivity index (χ1v) is 9.39. The molecule has 1 amide bonds. The Balaban J connectivity index is 2.27. The minimum Gasteiger partial charge on any atom is -0.493 e. The van der Waals surface area contributed by atoms with Crippen LogP contribution in [-0.4, -0.2) is 45.3 Å². The maximum Gasteiger partial charge on any atom is 0.257 e. The van der Waals surface area contributed by atoms with Crippen molar-refractivity contribution in [1.82, 2.24) is 4.98 Å². The number of hydrogen-bond donors (Lipinski definition) is 1. The monoisotopic (exact) mass is 387 g/mol. The molecule has 0 bridgehead atoms. The molecular weight excluding hydrogens is 358 g/mol. The lowest BCUT2D eigenvalue weighted by molar-refractivity contribution is 0.102. The molecular formula is C21H29N3O4. The summed E-state index contributed by atoms with van der Waals surface area (Å²) in [6.45, 7) is 6.12. The zero-order valence-corrected chi connectivity index (χ0v) is 17.2. The van der Waals surface area contributed by atoms with Gasteiger partial charge in [0.25, 0.3) is 5.91 Å². The Hall–Kier alpha value is -2.96. The van der Waals surface area contributed by atoms with E-state index < -0.39 is 0 Å². The number of methoxy groups -OCH3 is 3. The fraction of sp³-hybridized carbons (Fsp3) is 0.429. The summed E-state index contributed by atoms with van der Waals surface area (Å²) in [7, 11) is 4.60. The Morgan fingerprint density at radius 3 is 2.07 bits per heavy atom. The molecule has 0 saturated carbocycles. The largest absolute Gasteiger partial charge is 0.493 e. The van der Waals surface area contributed by atoms with Crippen LogP contribution in [0.25, 0.3) is 0 Å². The van der Waals surface area contributed by atoms with Crippen molar-refractivity contribution in [3.63, 3.8) is 0 Å². The smallest absolute Gasteiger partial charge is 0.257 e. The van der Waals surface area contributed by atoms with Crippen LogP contribution in [0.15, 0.2) is 30.6 Å². The Morgan fingerprint density at radius 1 is 0.964 bits per heavy atom. The van der Waals surface area contributed by atoms with Crippen LogP contribution < -0.4 is 24.4 Å². The maximum absolute atomic E-state index is 12.8. The van der Waals surface area contributed by atoms with Crippen molar-refractivity contribution in [2.24, 2.45) is 0 Å². The van der Waals surface area contributed by atoms with E-state index in [1.165, 1.54) is 21.3 Å². The Bertz CT molecular complexity index is 764. The second kappa shape index (κ2) is 10.4. The van der Waals surface area contributed by atoms with Gasteiger partial charge in [0.2, 0.25) is 5.75 Å². The van der Waals surface area contributed by atoms with Crippen LogP contribution in [0, 0.1) is 0 Å². The molecule has 0 aliphatic rings. The average Bonchev–Trinajstić information content (AvgIpc) is 2.72. The second-order valence-corrected chi connectivity index (χ2v) is 6.29. The van der Waals surface area contributed by atoms with Crippen molar-refractivity contribution in [2.75, 3.05) is 44.6 Å². The van der Waals surface area contributed by atoms with E-state index >= 15 is 0 Å². The van der Waals surface area contributed by atoms with Crippen LogP contribution in [0.1, 0.15) is 37.0 Å². The van der Waals surface area contributed by atoms with E-state index in [-0.39, 0.29) is 5.91 Å². The molecule has 7 nitrogen and oxygen atoms in total. The van der Waals surface area contributed by atoms with Gasteiger partial charge in [0, 0.05) is 37.1 Å². The second-order valence-electron chi connectivity index (χ2n) is 6.29. The minimum atomic E-state index is -0.253. The Labute approximate surface area is 166 Å². The number of benzene rings is 1. The van der Waals surface area contributed by atoms with E-state index in [4.69, 9.17) is 14.2 Å². The lowest BCUT2D eigenvalue weighted by Crippen LogP contribution is -2.25. The Morgan fingerprint density at radius 2 is 1.57 bits per heavy atom. The molecule has 0 aliphatic heterocycles. The molecule has 0 spiro atoms. The summed E-state index contributed by atoms with van der Waals surface area (Å²) < 4.78 is 16.0. The molecule has 0 aliphatic carbocycles. The highest BCUT2D eigenvalue weighted by Crippen LogP contribution is 2.40. The standard InChI is InChI=1S/C21H29N3O4/c1-6-8-24(9-7-2)17-10-15(13-22-14-17)21(25)23-16-11-18(26-3)20(28-5)19(12-16)27-4/h10-14H,6-9H2,1-5H3,(H,23,25). The molecule has 7 heteroatoms. The number of pyridine rings is 1. The van der Waals surface area contributed by atoms with Crippen LogP contribution in [0.5, 0.6) is 17.2 Å². The lowest BCUT2D eigenvalue weighted by atomic mass is 10.2. The summed E-state index contributed by atoms with van der Waals surface area (Å²) in [5, 5.41) is 2.88. The maximum atomic E-state index is 12.8. The highest BCUT2D eigenvalue weighted by molar-refractivity contribution is 6.04. The van der Waals surface area contributed by atoms with Crippen molar-refractivity contribution in [2.45, 2.75) is 26.7 Å². The third-order valence-electron chi connectivity index (χ3n) is 4.26. The summed E-state index contributed by atoms with van der Waals surface area (Å²) in [6.07, 6.45) is 5.41. The molecule has 1 N–H and O–H groups in total. The summed E-state index contributed by atoms with van der Waals surface area (Å²) in [6, 6.07) is 5.25. The minimum absolute atomic E-state index is 0.253. The van der Waals surface area contributed by atoms with Crippen molar-refractivity contribution < 1.29 is 19.0 Å². The van der Waals surface area contributed by atoms with Crippen LogP contribution in [0.3, 0.4) is 0 Å². The van der Waals surface area contributed by atoms with Gasteiger partial charge in [-0.05, 0) is 18.9 Å². The predicted octanol–water partition coefficient (Wildman–Crippen LogP) is 3.99. The van der Waals surface area contributed by atoms with E-state index in [1.807, 2.05) is 6.07 Å². The lowest BCUT2D eigenvalue weighted by Gasteiger charge is -2.23. The number of amides is 1. The topological polar surface area (TPSA) is 72.9 Å². The first kappa shape index (κ1) is 21.3. The Kier molecular flexibility index (Phi) is 7.92. The van der Waals surface area contributed by atoms with E-state index in [0.29, 0.717) is 28.5 Å². The molecule has 2 aromatic rings. The van der Waals surface area contributed by atoms with Crippen molar-refractivity contribution in [3.05, 3.63) is 36.2 Å². The van der Waals surface area contributed by atoms with Gasteiger partial charge in [-0.3, -0.25) is 9.78 Å². The predicted molar refractivity (Wildman–Crippen MR) is 111 cm³/mol. The van der Waals surface area contributed by atoms with Crippen LogP contribution >= 0.6 is 0 Å². The van der Waals surface area contributed by atoms with E-state index in [0.717, 1.165) is 31.6 Å². The van der Waals surface area contributed by atoms with Gasteiger partial charge in [0.05, 0.1) is 38.8 Å². The molecule has 28 heavy (non-hydrogen) atoms. The normalized spacial score (nSPS) is 10.3. The number of nitrogens with one attached hydrogen (secondary N) is 1. The first-order chi connectivity index (χ1) is 13.6. The van der Waals surface area contributed by atoms with Crippen molar-refractivity contribution in [1.29, 1.82) is 0 Å². The van der Waals surface area contributed by atoms with Crippen LogP contribution in [0.2, 0.25) is 0 Å². The molecule has 2 rings (SSSR count). The number of carbonyl (C=O) groups is 1. The molecule has 1 aromatic heterocycles. The zero-order valence-electron chi connectivity index (χ0n) is 17.2. The molecule has 0 saturated heterocycles. The molecule has 0 fully saturated rings. The number of ether oxygens (including phenoxy) is 3. The molecule has 0 unspecified atom stereocenters. The number of hydrogen-bond acceptors (Lipinski definition) is 6. The first-order valence-electron chi connectivity index (χ1n) is 9.39. The number of anilines is 2. The van der Waals surface area contributed by atoms with Gasteiger partial charge in [0.15, 0.2) is 11.5 Å². The average molecular weight is 387 g/mol. The summed E-state index contributed by atoms with van der Waals surface area (Å²) in [4.78, 5) is 19.3. The van der Waals surface area contributed by atoms with Gasteiger partial charge < -0.3 is 24.4 Å². The third kappa shape index (κ3) is 5.06. The number of carbonyl (C=O) groups excluding carboxylic acids is 1. The molecule has 0 radical (unpaired) electrons. The summed E-state index contributed by atoms with van der Waals surface area (Å²) in [5.41, 5.74) is 1.98. The summed E-state index contributed by atoms with van der Waals surface area (Å²) in [5.74, 6) is 1.17. The van der Waals surface area contributed by atoms with Gasteiger partial charge >= 0.3 is 0 Å². The van der Waals surface area contributed by atoms with Crippen molar-refractivity contribution >= 4 is 17.3 Å². The fourth-order valence-corrected chi connectivity index (χ4v) is 2.99. The third-order valence-corrected chi connectivity index (χ3v) is 4.26. The van der Waals surface area contributed by atoms with Crippen molar-refractivity contribution in [3.8, 4) is 17.2 Å². The van der Waals surface area contributed by atoms with Crippen LogP contribution in [0.4, 0.5) is 11.4 Å².